The number of hydrogen-bond donors (Lipinski definition) is 3. The van der Waals surface area contributed by atoms with Crippen LogP contribution in [-0.4, -0.2) is 69.9 Å². The van der Waals surface area contributed by atoms with Gasteiger partial charge in [0, 0.05) is 18.8 Å². The standard InChI is InChI=1S/C20H21N5O6S/c1-10-9-32-17-13(16(27)25(17)14(10)18(28)29)22-15(26)12(11-5-3-2-4-6-11)23-20(31)24-8-7-21-19(24)30/h2-6,12-13,17H,7-9H2,1H3,(H,21,30)(H,22,26)(H,23,31)(H,28,29)/p-1/t12-,13-,17-/m0/s1. The number of hydrogen-bond acceptors (Lipinski definition) is 7. The lowest BCUT2D eigenvalue weighted by Crippen LogP contribution is -2.71. The van der Waals surface area contributed by atoms with Crippen LogP contribution >= 0.6 is 11.8 Å². The Bertz CT molecular complexity index is 1030. The van der Waals surface area contributed by atoms with Crippen molar-refractivity contribution in [3.63, 3.8) is 0 Å². The van der Waals surface area contributed by atoms with Gasteiger partial charge in [-0.25, -0.2) is 14.5 Å². The molecule has 12 heteroatoms. The van der Waals surface area contributed by atoms with Crippen LogP contribution in [0.15, 0.2) is 41.6 Å². The molecule has 3 atom stereocenters. The quantitative estimate of drug-likeness (QED) is 0.473. The highest BCUT2D eigenvalue weighted by molar-refractivity contribution is 8.00. The van der Waals surface area contributed by atoms with Gasteiger partial charge < -0.3 is 25.9 Å². The fourth-order valence-corrected chi connectivity index (χ4v) is 5.10. The summed E-state index contributed by atoms with van der Waals surface area (Å²) in [5.41, 5.74) is 0.809. The molecule has 168 valence electrons. The highest BCUT2D eigenvalue weighted by Crippen LogP contribution is 2.40. The molecule has 11 nitrogen and oxygen atoms in total. The van der Waals surface area contributed by atoms with Crippen molar-refractivity contribution < 1.29 is 29.1 Å². The first-order chi connectivity index (χ1) is 15.3. The van der Waals surface area contributed by atoms with E-state index < -0.39 is 47.3 Å². The van der Waals surface area contributed by atoms with Gasteiger partial charge in [0.1, 0.15) is 17.5 Å². The fourth-order valence-electron chi connectivity index (χ4n) is 3.81. The second-order valence-electron chi connectivity index (χ2n) is 7.49. The Morgan fingerprint density at radius 2 is 1.94 bits per heavy atom. The summed E-state index contributed by atoms with van der Waals surface area (Å²) >= 11 is 1.33. The maximum absolute atomic E-state index is 13.1. The van der Waals surface area contributed by atoms with E-state index in [1.54, 1.807) is 37.3 Å². The minimum atomic E-state index is -1.44. The van der Waals surface area contributed by atoms with E-state index in [1.807, 2.05) is 0 Å². The van der Waals surface area contributed by atoms with Crippen LogP contribution in [0.2, 0.25) is 0 Å². The number of nitrogens with zero attached hydrogens (tertiary/aromatic N) is 2. The van der Waals surface area contributed by atoms with Gasteiger partial charge in [-0.1, -0.05) is 30.3 Å². The average molecular weight is 458 g/mol. The number of aliphatic carboxylic acids is 1. The summed E-state index contributed by atoms with van der Waals surface area (Å²) in [5.74, 6) is -2.27. The zero-order chi connectivity index (χ0) is 23.0. The van der Waals surface area contributed by atoms with E-state index >= 15 is 0 Å². The minimum absolute atomic E-state index is 0.167. The maximum atomic E-state index is 13.1. The second-order valence-corrected chi connectivity index (χ2v) is 8.59. The lowest BCUT2D eigenvalue weighted by Gasteiger charge is -2.50. The van der Waals surface area contributed by atoms with Crippen LogP contribution in [0.5, 0.6) is 0 Å². The number of imide groups is 1. The number of carboxylic acids is 1. The predicted molar refractivity (Wildman–Crippen MR) is 111 cm³/mol. The third-order valence-corrected chi connectivity index (χ3v) is 6.84. The number of carbonyl (C=O) groups excluding carboxylic acids is 5. The molecule has 2 fully saturated rings. The van der Waals surface area contributed by atoms with Crippen LogP contribution in [0, 0.1) is 0 Å². The Morgan fingerprint density at radius 1 is 1.22 bits per heavy atom. The van der Waals surface area contributed by atoms with Gasteiger partial charge in [-0.2, -0.15) is 0 Å². The molecular weight excluding hydrogens is 438 g/mol. The van der Waals surface area contributed by atoms with E-state index in [9.17, 15) is 29.1 Å². The van der Waals surface area contributed by atoms with E-state index in [-0.39, 0.29) is 12.2 Å². The number of carboxylic acid groups (broad SMARTS) is 1. The normalized spacial score (nSPS) is 23.2. The van der Waals surface area contributed by atoms with Crippen LogP contribution in [0.4, 0.5) is 9.59 Å². The third-order valence-electron chi connectivity index (χ3n) is 5.41. The summed E-state index contributed by atoms with van der Waals surface area (Å²) in [6.07, 6.45) is 0. The monoisotopic (exact) mass is 458 g/mol. The average Bonchev–Trinajstić information content (AvgIpc) is 3.21. The molecule has 0 spiro atoms. The molecule has 3 heterocycles. The Morgan fingerprint density at radius 3 is 2.56 bits per heavy atom. The smallest absolute Gasteiger partial charge is 0.326 e. The molecule has 0 saturated carbocycles. The molecule has 32 heavy (non-hydrogen) atoms. The van der Waals surface area contributed by atoms with Crippen molar-refractivity contribution in [3.8, 4) is 0 Å². The molecule has 3 aliphatic heterocycles. The molecule has 0 aliphatic carbocycles. The Balaban J connectivity index is 1.51. The lowest BCUT2D eigenvalue weighted by molar-refractivity contribution is -0.301. The third kappa shape index (κ3) is 3.77. The van der Waals surface area contributed by atoms with Crippen molar-refractivity contribution in [1.82, 2.24) is 25.8 Å². The summed E-state index contributed by atoms with van der Waals surface area (Å²) in [4.78, 5) is 63.7. The number of carbonyl (C=O) groups is 5. The molecule has 0 bridgehead atoms. The maximum Gasteiger partial charge on any atom is 0.326 e. The largest absolute Gasteiger partial charge is 0.543 e. The van der Waals surface area contributed by atoms with E-state index in [2.05, 4.69) is 16.0 Å². The highest BCUT2D eigenvalue weighted by atomic mass is 32.2. The fraction of sp³-hybridized carbons (Fsp3) is 0.350. The topological polar surface area (TPSA) is 151 Å². The van der Waals surface area contributed by atoms with Crippen molar-refractivity contribution in [3.05, 3.63) is 47.2 Å². The number of thioether (sulfide) groups is 1. The number of β-lactam (4-membered cyclic amide) rings is 1. The van der Waals surface area contributed by atoms with Crippen molar-refractivity contribution in [2.75, 3.05) is 18.8 Å². The first-order valence-corrected chi connectivity index (χ1v) is 10.9. The van der Waals surface area contributed by atoms with Crippen LogP contribution in [0.3, 0.4) is 0 Å². The van der Waals surface area contributed by atoms with Crippen LogP contribution < -0.4 is 21.1 Å². The van der Waals surface area contributed by atoms with Crippen LogP contribution in [0.1, 0.15) is 18.5 Å². The van der Waals surface area contributed by atoms with Crippen molar-refractivity contribution in [2.45, 2.75) is 24.4 Å². The van der Waals surface area contributed by atoms with E-state index in [0.29, 0.717) is 23.4 Å². The summed E-state index contributed by atoms with van der Waals surface area (Å²) in [6.45, 7) is 2.09. The summed E-state index contributed by atoms with van der Waals surface area (Å²) in [7, 11) is 0. The molecule has 0 unspecified atom stereocenters. The summed E-state index contributed by atoms with van der Waals surface area (Å²) in [5, 5.41) is 18.6. The Hall–Kier alpha value is -3.54. The Kier molecular flexibility index (Phi) is 5.78. The first kappa shape index (κ1) is 21.7. The van der Waals surface area contributed by atoms with Gasteiger partial charge in [0.15, 0.2) is 0 Å². The summed E-state index contributed by atoms with van der Waals surface area (Å²) < 4.78 is 0. The van der Waals surface area contributed by atoms with E-state index in [4.69, 9.17) is 0 Å². The molecule has 3 aliphatic rings. The second kappa shape index (κ2) is 8.54. The molecule has 1 aromatic rings. The van der Waals surface area contributed by atoms with E-state index in [0.717, 1.165) is 9.80 Å². The minimum Gasteiger partial charge on any atom is -0.543 e. The van der Waals surface area contributed by atoms with Crippen molar-refractivity contribution >= 4 is 41.6 Å². The Labute approximate surface area is 187 Å². The number of fused-ring (bicyclic) bond motifs is 1. The number of rotatable bonds is 5. The number of nitrogens with one attached hydrogen (secondary N) is 3. The van der Waals surface area contributed by atoms with Gasteiger partial charge in [0.05, 0.1) is 11.7 Å². The molecule has 1 aromatic carbocycles. The van der Waals surface area contributed by atoms with E-state index in [1.165, 1.54) is 11.8 Å². The molecule has 6 amide bonds. The van der Waals surface area contributed by atoms with Gasteiger partial charge in [-0.05, 0) is 18.1 Å². The van der Waals surface area contributed by atoms with Gasteiger partial charge in [-0.15, -0.1) is 11.8 Å². The van der Waals surface area contributed by atoms with Crippen molar-refractivity contribution in [2.24, 2.45) is 0 Å². The SMILES string of the molecule is CC1=C(C(=O)[O-])N2C(=O)[C@H](NC(=O)[C@@H](NC(=O)N3CCNC3=O)c3ccccc3)[C@@H]2SC1. The van der Waals surface area contributed by atoms with Gasteiger partial charge in [0.25, 0.3) is 5.91 Å². The van der Waals surface area contributed by atoms with Crippen LogP contribution in [-0.2, 0) is 14.4 Å². The highest BCUT2D eigenvalue weighted by Gasteiger charge is 2.52. The zero-order valence-electron chi connectivity index (χ0n) is 17.0. The molecule has 0 aromatic heterocycles. The number of urea groups is 2. The lowest BCUT2D eigenvalue weighted by atomic mass is 10.0. The molecule has 4 rings (SSSR count). The molecule has 3 N–H and O–H groups in total. The number of amides is 6. The zero-order valence-corrected chi connectivity index (χ0v) is 17.8. The van der Waals surface area contributed by atoms with Gasteiger partial charge in [0.2, 0.25) is 5.91 Å². The molecule has 2 saturated heterocycles. The van der Waals surface area contributed by atoms with Crippen molar-refractivity contribution in [1.29, 1.82) is 0 Å². The number of benzene rings is 1. The van der Waals surface area contributed by atoms with Gasteiger partial charge >= 0.3 is 12.1 Å². The van der Waals surface area contributed by atoms with Gasteiger partial charge in [-0.3, -0.25) is 14.5 Å². The molecular formula is C20H20N5O6S-. The summed E-state index contributed by atoms with van der Waals surface area (Å²) in [6, 6.07) is 4.99. The predicted octanol–water partition coefficient (Wildman–Crippen LogP) is -1.11. The first-order valence-electron chi connectivity index (χ1n) is 9.86. The van der Waals surface area contributed by atoms with Crippen LogP contribution in [0.25, 0.3) is 0 Å². The molecule has 0 radical (unpaired) electrons.